The van der Waals surface area contributed by atoms with Gasteiger partial charge in [0, 0.05) is 18.5 Å². The van der Waals surface area contributed by atoms with E-state index < -0.39 is 0 Å². The predicted molar refractivity (Wildman–Crippen MR) is 94.3 cm³/mol. The Hall–Kier alpha value is -2.44. The van der Waals surface area contributed by atoms with E-state index in [1.165, 1.54) is 6.20 Å². The summed E-state index contributed by atoms with van der Waals surface area (Å²) >= 11 is 0. The van der Waals surface area contributed by atoms with Crippen molar-refractivity contribution >= 4 is 23.0 Å². The van der Waals surface area contributed by atoms with Crippen molar-refractivity contribution in [2.24, 2.45) is 17.8 Å². The maximum absolute atomic E-state index is 11.8. The predicted octanol–water partition coefficient (Wildman–Crippen LogP) is 2.67. The standard InChI is InChI=1S/C18H25N5O2/c1-3-12-7-11(9-16(24)25-4-2)8-13(12)17(20)23-14-5-6-21-18(14)22-10-15(23)19/h5-6,10-13,19-21H,3-4,7-9H2,1-2H3/t11-,12-,13+/m1/s1. The molecular formula is C18H25N5O2. The maximum atomic E-state index is 11.8. The minimum Gasteiger partial charge on any atom is -0.466 e. The van der Waals surface area contributed by atoms with Crippen LogP contribution in [0.1, 0.15) is 39.5 Å². The monoisotopic (exact) mass is 343 g/mol. The van der Waals surface area contributed by atoms with E-state index in [2.05, 4.69) is 16.9 Å². The minimum absolute atomic E-state index is 0.0408. The molecule has 0 unspecified atom stereocenters. The molecule has 3 N–H and O–H groups in total. The third-order valence-electron chi connectivity index (χ3n) is 5.17. The Morgan fingerprint density at radius 1 is 1.44 bits per heavy atom. The van der Waals surface area contributed by atoms with Crippen LogP contribution in [0.3, 0.4) is 0 Å². The Kier molecular flexibility index (Phi) is 5.01. The SMILES string of the molecule is CCOC(=O)C[C@@H]1C[C@@H](CC)[C@@H](C(=N)n2c(=N)cnc3[nH]ccc32)C1. The number of H-pyrrole nitrogens is 1. The number of aromatic amines is 1. The Morgan fingerprint density at radius 2 is 2.24 bits per heavy atom. The quantitative estimate of drug-likeness (QED) is 0.441. The molecule has 1 aliphatic rings. The fourth-order valence-corrected chi connectivity index (χ4v) is 4.02. The minimum atomic E-state index is -0.152. The van der Waals surface area contributed by atoms with Gasteiger partial charge in [-0.05, 0) is 37.7 Å². The molecule has 0 saturated heterocycles. The summed E-state index contributed by atoms with van der Waals surface area (Å²) in [6.07, 6.45) is 6.34. The first-order chi connectivity index (χ1) is 12.0. The highest BCUT2D eigenvalue weighted by atomic mass is 16.5. The van der Waals surface area contributed by atoms with Gasteiger partial charge in [-0.1, -0.05) is 13.3 Å². The number of carbonyl (C=O) groups excluding carboxylic acids is 1. The molecule has 1 aliphatic carbocycles. The van der Waals surface area contributed by atoms with Crippen LogP contribution < -0.4 is 5.49 Å². The molecule has 25 heavy (non-hydrogen) atoms. The highest BCUT2D eigenvalue weighted by Crippen LogP contribution is 2.41. The lowest BCUT2D eigenvalue weighted by atomic mass is 9.92. The fourth-order valence-electron chi connectivity index (χ4n) is 4.02. The summed E-state index contributed by atoms with van der Waals surface area (Å²) in [4.78, 5) is 19.0. The van der Waals surface area contributed by atoms with Crippen LogP contribution in [0.5, 0.6) is 0 Å². The first-order valence-electron chi connectivity index (χ1n) is 8.89. The van der Waals surface area contributed by atoms with Crippen molar-refractivity contribution in [1.29, 1.82) is 10.8 Å². The molecule has 1 saturated carbocycles. The van der Waals surface area contributed by atoms with Crippen LogP contribution in [0, 0.1) is 28.6 Å². The maximum Gasteiger partial charge on any atom is 0.306 e. The smallest absolute Gasteiger partial charge is 0.306 e. The van der Waals surface area contributed by atoms with Crippen molar-refractivity contribution in [3.05, 3.63) is 23.9 Å². The van der Waals surface area contributed by atoms with E-state index in [-0.39, 0.29) is 23.3 Å². The van der Waals surface area contributed by atoms with Crippen molar-refractivity contribution in [2.45, 2.75) is 39.5 Å². The van der Waals surface area contributed by atoms with E-state index in [0.717, 1.165) is 24.8 Å². The highest BCUT2D eigenvalue weighted by Gasteiger charge is 2.37. The van der Waals surface area contributed by atoms with E-state index in [4.69, 9.17) is 15.6 Å². The molecule has 0 aromatic carbocycles. The van der Waals surface area contributed by atoms with E-state index in [1.54, 1.807) is 10.8 Å². The van der Waals surface area contributed by atoms with Crippen LogP contribution in [-0.2, 0) is 9.53 Å². The van der Waals surface area contributed by atoms with E-state index in [9.17, 15) is 4.79 Å². The Balaban J connectivity index is 1.85. The van der Waals surface area contributed by atoms with Crippen LogP contribution in [0.25, 0.3) is 11.2 Å². The summed E-state index contributed by atoms with van der Waals surface area (Å²) in [5.41, 5.74) is 1.64. The second kappa shape index (κ2) is 7.21. The van der Waals surface area contributed by atoms with Gasteiger partial charge in [0.05, 0.1) is 18.3 Å². The first kappa shape index (κ1) is 17.4. The summed E-state index contributed by atoms with van der Waals surface area (Å²) < 4.78 is 6.74. The molecular weight excluding hydrogens is 318 g/mol. The first-order valence-corrected chi connectivity index (χ1v) is 8.89. The van der Waals surface area contributed by atoms with Crippen molar-refractivity contribution in [2.75, 3.05) is 6.61 Å². The second-order valence-electron chi connectivity index (χ2n) is 6.70. The molecule has 2 heterocycles. The van der Waals surface area contributed by atoms with Crippen molar-refractivity contribution in [1.82, 2.24) is 14.5 Å². The van der Waals surface area contributed by atoms with Crippen LogP contribution in [0.2, 0.25) is 0 Å². The van der Waals surface area contributed by atoms with Gasteiger partial charge in [-0.3, -0.25) is 20.2 Å². The highest BCUT2D eigenvalue weighted by molar-refractivity contribution is 5.91. The van der Waals surface area contributed by atoms with Gasteiger partial charge in [0.1, 0.15) is 11.3 Å². The topological polar surface area (TPSA) is 108 Å². The molecule has 2 aromatic rings. The molecule has 0 radical (unpaired) electrons. The van der Waals surface area contributed by atoms with Gasteiger partial charge in [-0.2, -0.15) is 0 Å². The Labute approximate surface area is 146 Å². The lowest BCUT2D eigenvalue weighted by Gasteiger charge is -2.21. The normalized spacial score (nSPS) is 23.0. The molecule has 3 atom stereocenters. The van der Waals surface area contributed by atoms with Gasteiger partial charge in [0.15, 0.2) is 5.65 Å². The molecule has 2 aromatic heterocycles. The number of nitrogens with zero attached hydrogens (tertiary/aromatic N) is 2. The fraction of sp³-hybridized carbons (Fsp3) is 0.556. The number of ether oxygens (including phenoxy) is 1. The number of nitrogens with one attached hydrogen (secondary N) is 3. The molecule has 134 valence electrons. The summed E-state index contributed by atoms with van der Waals surface area (Å²) in [5, 5.41) is 17.0. The second-order valence-corrected chi connectivity index (χ2v) is 6.70. The zero-order valence-electron chi connectivity index (χ0n) is 14.7. The number of hydrogen-bond donors (Lipinski definition) is 3. The average molecular weight is 343 g/mol. The van der Waals surface area contributed by atoms with Crippen LogP contribution in [-0.4, -0.2) is 32.9 Å². The summed E-state index contributed by atoms with van der Waals surface area (Å²) in [6.45, 7) is 4.35. The Bertz CT molecular complexity index is 837. The lowest BCUT2D eigenvalue weighted by Crippen LogP contribution is -2.33. The van der Waals surface area contributed by atoms with E-state index >= 15 is 0 Å². The van der Waals surface area contributed by atoms with Crippen molar-refractivity contribution in [3.63, 3.8) is 0 Å². The largest absolute Gasteiger partial charge is 0.466 e. The van der Waals surface area contributed by atoms with Gasteiger partial charge >= 0.3 is 5.97 Å². The summed E-state index contributed by atoms with van der Waals surface area (Å²) in [5.74, 6) is 0.906. The van der Waals surface area contributed by atoms with Gasteiger partial charge in [-0.25, -0.2) is 4.98 Å². The number of esters is 1. The third kappa shape index (κ3) is 3.36. The number of fused-ring (bicyclic) bond motifs is 1. The molecule has 7 heteroatoms. The summed E-state index contributed by atoms with van der Waals surface area (Å²) in [6, 6.07) is 1.85. The van der Waals surface area contributed by atoms with Crippen molar-refractivity contribution < 1.29 is 9.53 Å². The van der Waals surface area contributed by atoms with Crippen molar-refractivity contribution in [3.8, 4) is 0 Å². The number of rotatable bonds is 5. The lowest BCUT2D eigenvalue weighted by molar-refractivity contribution is -0.144. The van der Waals surface area contributed by atoms with Crippen LogP contribution in [0.4, 0.5) is 0 Å². The van der Waals surface area contributed by atoms with Gasteiger partial charge in [-0.15, -0.1) is 0 Å². The molecule has 3 rings (SSSR count). The van der Waals surface area contributed by atoms with Gasteiger partial charge in [0.25, 0.3) is 0 Å². The summed E-state index contributed by atoms with van der Waals surface area (Å²) in [7, 11) is 0. The number of hydrogen-bond acceptors (Lipinski definition) is 5. The number of carbonyl (C=O) groups is 1. The average Bonchev–Trinajstić information content (AvgIpc) is 3.20. The molecule has 0 amide bonds. The third-order valence-corrected chi connectivity index (χ3v) is 5.17. The van der Waals surface area contributed by atoms with E-state index in [1.807, 2.05) is 13.0 Å². The molecule has 0 aliphatic heterocycles. The molecule has 0 bridgehead atoms. The van der Waals surface area contributed by atoms with Gasteiger partial charge < -0.3 is 9.72 Å². The van der Waals surface area contributed by atoms with E-state index in [0.29, 0.717) is 30.4 Å². The zero-order chi connectivity index (χ0) is 18.0. The molecule has 0 spiro atoms. The molecule has 1 fully saturated rings. The van der Waals surface area contributed by atoms with Crippen LogP contribution in [0.15, 0.2) is 18.5 Å². The molecule has 7 nitrogen and oxygen atoms in total. The zero-order valence-corrected chi connectivity index (χ0v) is 14.7. The number of aromatic nitrogens is 3. The van der Waals surface area contributed by atoms with Gasteiger partial charge in [0.2, 0.25) is 0 Å². The van der Waals surface area contributed by atoms with Crippen LogP contribution >= 0.6 is 0 Å². The Morgan fingerprint density at radius 3 is 2.96 bits per heavy atom.